The molecule has 0 spiro atoms. The number of phenolic OH excluding ortho intramolecular Hbond substituents is 1. The van der Waals surface area contributed by atoms with Crippen molar-refractivity contribution in [3.63, 3.8) is 0 Å². The largest absolute Gasteiger partial charge is 0.506 e. The predicted molar refractivity (Wildman–Crippen MR) is 110 cm³/mol. The van der Waals surface area contributed by atoms with E-state index in [1.807, 2.05) is 42.5 Å². The van der Waals surface area contributed by atoms with Crippen LogP contribution in [0.4, 0.5) is 5.69 Å². The Morgan fingerprint density at radius 3 is 2.29 bits per heavy atom. The summed E-state index contributed by atoms with van der Waals surface area (Å²) in [5, 5.41) is 12.9. The van der Waals surface area contributed by atoms with Crippen molar-refractivity contribution < 1.29 is 14.7 Å². The molecule has 6 heteroatoms. The molecular formula is C22H27N3O3. The van der Waals surface area contributed by atoms with E-state index in [1.54, 1.807) is 12.1 Å². The molecule has 6 nitrogen and oxygen atoms in total. The third kappa shape index (κ3) is 5.33. The fraction of sp³-hybridized carbons (Fsp3) is 0.364. The maximum absolute atomic E-state index is 12.5. The van der Waals surface area contributed by atoms with Crippen molar-refractivity contribution >= 4 is 17.4 Å². The van der Waals surface area contributed by atoms with Gasteiger partial charge in [0.25, 0.3) is 0 Å². The summed E-state index contributed by atoms with van der Waals surface area (Å²) >= 11 is 0. The molecule has 0 radical (unpaired) electrons. The molecule has 0 aromatic heterocycles. The first-order chi connectivity index (χ1) is 13.5. The van der Waals surface area contributed by atoms with E-state index in [-0.39, 0.29) is 24.0 Å². The van der Waals surface area contributed by atoms with E-state index in [1.165, 1.54) is 6.92 Å². The predicted octanol–water partition coefficient (Wildman–Crippen LogP) is 1.83. The fourth-order valence-electron chi connectivity index (χ4n) is 3.47. The molecule has 1 atom stereocenters. The fourth-order valence-corrected chi connectivity index (χ4v) is 3.47. The van der Waals surface area contributed by atoms with Crippen LogP contribution in [0.25, 0.3) is 0 Å². The van der Waals surface area contributed by atoms with Gasteiger partial charge in [-0.2, -0.15) is 0 Å². The van der Waals surface area contributed by atoms with Crippen LogP contribution in [0.15, 0.2) is 54.6 Å². The van der Waals surface area contributed by atoms with Crippen LogP contribution < -0.4 is 10.2 Å². The van der Waals surface area contributed by atoms with Crippen LogP contribution in [0.5, 0.6) is 5.75 Å². The number of aromatic hydroxyl groups is 1. The van der Waals surface area contributed by atoms with Crippen LogP contribution in [0.1, 0.15) is 12.5 Å². The monoisotopic (exact) mass is 381 g/mol. The number of hydrogen-bond acceptors (Lipinski definition) is 5. The van der Waals surface area contributed by atoms with Crippen molar-refractivity contribution in [2.75, 3.05) is 37.6 Å². The number of phenols is 1. The molecule has 148 valence electrons. The van der Waals surface area contributed by atoms with Crippen molar-refractivity contribution in [2.45, 2.75) is 19.4 Å². The second-order valence-electron chi connectivity index (χ2n) is 7.17. The average Bonchev–Trinajstić information content (AvgIpc) is 2.69. The summed E-state index contributed by atoms with van der Waals surface area (Å²) in [7, 11) is 0. The Balaban J connectivity index is 1.49. The minimum atomic E-state index is -0.502. The molecule has 2 N–H and O–H groups in total. The van der Waals surface area contributed by atoms with Crippen LogP contribution in [-0.2, 0) is 16.0 Å². The number of carbonyl (C=O) groups is 2. The normalized spacial score (nSPS) is 15.8. The molecule has 1 saturated heterocycles. The summed E-state index contributed by atoms with van der Waals surface area (Å²) in [6.07, 6.45) is 0.503. The third-order valence-electron chi connectivity index (χ3n) is 5.07. The van der Waals surface area contributed by atoms with Crippen molar-refractivity contribution in [3.05, 3.63) is 60.2 Å². The molecule has 1 aliphatic rings. The van der Waals surface area contributed by atoms with Gasteiger partial charge in [0.15, 0.2) is 5.78 Å². The minimum Gasteiger partial charge on any atom is -0.506 e. The molecule has 3 rings (SSSR count). The molecule has 0 aliphatic carbocycles. The molecule has 0 bridgehead atoms. The molecule has 0 unspecified atom stereocenters. The van der Waals surface area contributed by atoms with Gasteiger partial charge in [-0.3, -0.25) is 14.5 Å². The Bertz CT molecular complexity index is 802. The lowest BCUT2D eigenvalue weighted by molar-refractivity contribution is -0.127. The molecule has 28 heavy (non-hydrogen) atoms. The van der Waals surface area contributed by atoms with E-state index < -0.39 is 6.04 Å². The summed E-state index contributed by atoms with van der Waals surface area (Å²) in [6.45, 7) is 4.72. The number of carbonyl (C=O) groups excluding carboxylic acids is 2. The van der Waals surface area contributed by atoms with Crippen LogP contribution in [-0.4, -0.2) is 60.5 Å². The highest BCUT2D eigenvalue weighted by Crippen LogP contribution is 2.27. The van der Waals surface area contributed by atoms with Crippen molar-refractivity contribution in [2.24, 2.45) is 0 Å². The summed E-state index contributed by atoms with van der Waals surface area (Å²) in [6, 6.07) is 16.5. The minimum absolute atomic E-state index is 0.0402. The highest BCUT2D eigenvalue weighted by Gasteiger charge is 2.23. The molecule has 1 amide bonds. The number of benzene rings is 2. The number of ketones is 1. The molecule has 2 aromatic rings. The van der Waals surface area contributed by atoms with Gasteiger partial charge in [0.05, 0.1) is 18.3 Å². The molecule has 1 aliphatic heterocycles. The van der Waals surface area contributed by atoms with Gasteiger partial charge in [0.1, 0.15) is 5.75 Å². The number of amides is 1. The number of Topliss-reactive ketones (excluding diaryl/α,β-unsaturated/α-hetero) is 1. The lowest BCUT2D eigenvalue weighted by Crippen LogP contribution is -2.51. The number of nitrogens with zero attached hydrogens (tertiary/aromatic N) is 2. The first-order valence-corrected chi connectivity index (χ1v) is 9.62. The molecule has 2 aromatic carbocycles. The van der Waals surface area contributed by atoms with E-state index in [0.29, 0.717) is 6.42 Å². The number of para-hydroxylation sites is 2. The lowest BCUT2D eigenvalue weighted by atomic mass is 10.0. The van der Waals surface area contributed by atoms with Crippen molar-refractivity contribution in [3.8, 4) is 5.75 Å². The number of anilines is 1. The van der Waals surface area contributed by atoms with Gasteiger partial charge >= 0.3 is 0 Å². The maximum Gasteiger partial charge on any atom is 0.234 e. The number of hydrogen-bond donors (Lipinski definition) is 2. The van der Waals surface area contributed by atoms with Gasteiger partial charge in [0, 0.05) is 26.2 Å². The first-order valence-electron chi connectivity index (χ1n) is 9.62. The number of rotatable bonds is 7. The average molecular weight is 381 g/mol. The quantitative estimate of drug-likeness (QED) is 0.766. The van der Waals surface area contributed by atoms with Gasteiger partial charge < -0.3 is 15.3 Å². The Labute approximate surface area is 165 Å². The van der Waals surface area contributed by atoms with E-state index in [9.17, 15) is 14.7 Å². The Morgan fingerprint density at radius 1 is 1.00 bits per heavy atom. The highest BCUT2D eigenvalue weighted by atomic mass is 16.3. The van der Waals surface area contributed by atoms with Gasteiger partial charge in [-0.1, -0.05) is 42.5 Å². The second-order valence-corrected chi connectivity index (χ2v) is 7.17. The van der Waals surface area contributed by atoms with E-state index >= 15 is 0 Å². The van der Waals surface area contributed by atoms with Gasteiger partial charge in [0.2, 0.25) is 5.91 Å². The number of nitrogens with one attached hydrogen (secondary N) is 1. The first kappa shape index (κ1) is 19.9. The zero-order valence-corrected chi connectivity index (χ0v) is 16.2. The van der Waals surface area contributed by atoms with E-state index in [2.05, 4.69) is 15.1 Å². The zero-order valence-electron chi connectivity index (χ0n) is 16.2. The molecule has 1 fully saturated rings. The molecule has 1 heterocycles. The third-order valence-corrected chi connectivity index (χ3v) is 5.07. The van der Waals surface area contributed by atoms with Crippen LogP contribution in [0.3, 0.4) is 0 Å². The Hall–Kier alpha value is -2.86. The van der Waals surface area contributed by atoms with Crippen LogP contribution in [0.2, 0.25) is 0 Å². The van der Waals surface area contributed by atoms with E-state index in [0.717, 1.165) is 37.4 Å². The summed E-state index contributed by atoms with van der Waals surface area (Å²) in [5.41, 5.74) is 1.85. The highest BCUT2D eigenvalue weighted by molar-refractivity contribution is 5.88. The smallest absolute Gasteiger partial charge is 0.234 e. The van der Waals surface area contributed by atoms with Gasteiger partial charge in [-0.15, -0.1) is 0 Å². The van der Waals surface area contributed by atoms with E-state index in [4.69, 9.17) is 0 Å². The maximum atomic E-state index is 12.5. The number of piperazine rings is 1. The van der Waals surface area contributed by atoms with Crippen LogP contribution >= 0.6 is 0 Å². The molecular weight excluding hydrogens is 354 g/mol. The second kappa shape index (κ2) is 9.37. The summed E-state index contributed by atoms with van der Waals surface area (Å²) < 4.78 is 0. The van der Waals surface area contributed by atoms with Gasteiger partial charge in [-0.05, 0) is 31.0 Å². The topological polar surface area (TPSA) is 72.9 Å². The Morgan fingerprint density at radius 2 is 1.64 bits per heavy atom. The summed E-state index contributed by atoms with van der Waals surface area (Å²) in [4.78, 5) is 28.6. The molecule has 0 saturated carbocycles. The lowest BCUT2D eigenvalue weighted by Gasteiger charge is -2.36. The van der Waals surface area contributed by atoms with Crippen LogP contribution in [0, 0.1) is 0 Å². The van der Waals surface area contributed by atoms with Crippen molar-refractivity contribution in [1.82, 2.24) is 10.2 Å². The SMILES string of the molecule is CC(=O)[C@@H](Cc1ccccc1)NC(=O)CN1CCN(c2ccccc2O)CC1. The zero-order chi connectivity index (χ0) is 19.9. The Kier molecular flexibility index (Phi) is 6.66. The van der Waals surface area contributed by atoms with Crippen molar-refractivity contribution in [1.29, 1.82) is 0 Å². The summed E-state index contributed by atoms with van der Waals surface area (Å²) in [5.74, 6) is 0.104. The van der Waals surface area contributed by atoms with Gasteiger partial charge in [-0.25, -0.2) is 0 Å². The standard InChI is InChI=1S/C22H27N3O3/c1-17(26)19(15-18-7-3-2-4-8-18)23-22(28)16-24-11-13-25(14-12-24)20-9-5-6-10-21(20)27/h2-10,19,27H,11-16H2,1H3,(H,23,28)/t19-/m1/s1.